The average molecular weight is 210 g/mol. The van der Waals surface area contributed by atoms with Crippen molar-refractivity contribution in [3.05, 3.63) is 29.6 Å². The van der Waals surface area contributed by atoms with Crippen molar-refractivity contribution >= 4 is 5.78 Å². The number of rotatable bonds is 2. The molecule has 15 heavy (non-hydrogen) atoms. The maximum atomic E-state index is 13.5. The lowest BCUT2D eigenvalue weighted by Gasteiger charge is -2.23. The van der Waals surface area contributed by atoms with Crippen molar-refractivity contribution in [2.45, 2.75) is 33.3 Å². The van der Waals surface area contributed by atoms with E-state index in [9.17, 15) is 9.18 Å². The van der Waals surface area contributed by atoms with Gasteiger partial charge in [-0.25, -0.2) is 4.39 Å². The highest BCUT2D eigenvalue weighted by Crippen LogP contribution is 2.26. The quantitative estimate of drug-likeness (QED) is 0.700. The zero-order valence-electron chi connectivity index (χ0n) is 9.43. The molecular formula is C12H15FO2. The summed E-state index contributed by atoms with van der Waals surface area (Å²) in [6.07, 6.45) is 0. The molecule has 0 heterocycles. The molecule has 3 heteroatoms. The second-order valence-electron chi connectivity index (χ2n) is 4.39. The van der Waals surface area contributed by atoms with E-state index in [0.717, 1.165) is 0 Å². The third kappa shape index (κ3) is 3.05. The summed E-state index contributed by atoms with van der Waals surface area (Å²) >= 11 is 0. The topological polar surface area (TPSA) is 26.3 Å². The van der Waals surface area contributed by atoms with E-state index in [1.807, 2.05) is 20.8 Å². The Balaban J connectivity index is 3.19. The largest absolute Gasteiger partial charge is 0.484 e. The Morgan fingerprint density at radius 1 is 1.33 bits per heavy atom. The minimum atomic E-state index is -0.521. The fourth-order valence-electron chi connectivity index (χ4n) is 1.20. The number of halogens is 1. The van der Waals surface area contributed by atoms with E-state index in [-0.39, 0.29) is 17.1 Å². The second kappa shape index (κ2) is 4.01. The predicted molar refractivity (Wildman–Crippen MR) is 56.8 cm³/mol. The minimum Gasteiger partial charge on any atom is -0.484 e. The van der Waals surface area contributed by atoms with Gasteiger partial charge in [0.2, 0.25) is 0 Å². The first-order chi connectivity index (χ1) is 6.81. The fraction of sp³-hybridized carbons (Fsp3) is 0.417. The van der Waals surface area contributed by atoms with Gasteiger partial charge in [-0.15, -0.1) is 0 Å². The van der Waals surface area contributed by atoms with Crippen LogP contribution in [0.1, 0.15) is 38.1 Å². The molecule has 0 radical (unpaired) electrons. The highest BCUT2D eigenvalue weighted by atomic mass is 19.1. The monoisotopic (exact) mass is 210 g/mol. The molecule has 0 atom stereocenters. The summed E-state index contributed by atoms with van der Waals surface area (Å²) in [5.41, 5.74) is -0.239. The smallest absolute Gasteiger partial charge is 0.166 e. The van der Waals surface area contributed by atoms with Crippen molar-refractivity contribution in [2.24, 2.45) is 0 Å². The van der Waals surface area contributed by atoms with Gasteiger partial charge in [-0.05, 0) is 39.8 Å². The van der Waals surface area contributed by atoms with Gasteiger partial charge in [-0.1, -0.05) is 6.07 Å². The number of ether oxygens (including phenoxy) is 1. The van der Waals surface area contributed by atoms with Crippen LogP contribution in [-0.4, -0.2) is 11.4 Å². The molecule has 1 aromatic carbocycles. The van der Waals surface area contributed by atoms with Crippen LogP contribution < -0.4 is 4.74 Å². The van der Waals surface area contributed by atoms with Gasteiger partial charge in [0.15, 0.2) is 17.3 Å². The number of carbonyl (C=O) groups is 1. The number of ketones is 1. The molecule has 0 aliphatic rings. The summed E-state index contributed by atoms with van der Waals surface area (Å²) in [6, 6.07) is 4.35. The van der Waals surface area contributed by atoms with Gasteiger partial charge in [-0.2, -0.15) is 0 Å². The zero-order chi connectivity index (χ0) is 11.6. The van der Waals surface area contributed by atoms with Crippen LogP contribution in [-0.2, 0) is 0 Å². The van der Waals surface area contributed by atoms with Crippen LogP contribution in [0.25, 0.3) is 0 Å². The predicted octanol–water partition coefficient (Wildman–Crippen LogP) is 3.21. The maximum absolute atomic E-state index is 13.5. The van der Waals surface area contributed by atoms with Crippen LogP contribution in [0, 0.1) is 5.82 Å². The van der Waals surface area contributed by atoms with Crippen LogP contribution in [0.4, 0.5) is 4.39 Å². The standard InChI is InChI=1S/C12H15FO2/c1-8(14)9-6-5-7-10(13)11(9)15-12(2,3)4/h5-7H,1-4H3. The summed E-state index contributed by atoms with van der Waals surface area (Å²) in [4.78, 5) is 11.3. The van der Waals surface area contributed by atoms with Gasteiger partial charge in [0.25, 0.3) is 0 Å². The van der Waals surface area contributed by atoms with E-state index < -0.39 is 11.4 Å². The van der Waals surface area contributed by atoms with Gasteiger partial charge in [-0.3, -0.25) is 4.79 Å². The summed E-state index contributed by atoms with van der Waals surface area (Å²) < 4.78 is 18.9. The lowest BCUT2D eigenvalue weighted by molar-refractivity contribution is 0.0982. The van der Waals surface area contributed by atoms with Gasteiger partial charge in [0, 0.05) is 0 Å². The van der Waals surface area contributed by atoms with Gasteiger partial charge < -0.3 is 4.74 Å². The molecule has 0 N–H and O–H groups in total. The number of benzene rings is 1. The molecule has 0 aliphatic heterocycles. The Kier molecular flexibility index (Phi) is 3.12. The van der Waals surface area contributed by atoms with Crippen molar-refractivity contribution in [3.63, 3.8) is 0 Å². The van der Waals surface area contributed by atoms with Gasteiger partial charge in [0.05, 0.1) is 5.56 Å². The third-order valence-electron chi connectivity index (χ3n) is 1.75. The maximum Gasteiger partial charge on any atom is 0.166 e. The molecule has 2 nitrogen and oxygen atoms in total. The van der Waals surface area contributed by atoms with Crippen molar-refractivity contribution in [3.8, 4) is 5.75 Å². The first-order valence-electron chi connectivity index (χ1n) is 4.80. The number of Topliss-reactive ketones (excluding diaryl/α,β-unsaturated/α-hetero) is 1. The summed E-state index contributed by atoms with van der Waals surface area (Å²) in [5, 5.41) is 0. The molecule has 0 saturated carbocycles. The van der Waals surface area contributed by atoms with Crippen LogP contribution in [0.2, 0.25) is 0 Å². The van der Waals surface area contributed by atoms with Crippen molar-refractivity contribution in [2.75, 3.05) is 0 Å². The molecule has 1 rings (SSSR count). The van der Waals surface area contributed by atoms with Crippen LogP contribution in [0.15, 0.2) is 18.2 Å². The van der Waals surface area contributed by atoms with E-state index in [4.69, 9.17) is 4.74 Å². The number of hydrogen-bond donors (Lipinski definition) is 0. The van der Waals surface area contributed by atoms with Crippen LogP contribution >= 0.6 is 0 Å². The lowest BCUT2D eigenvalue weighted by atomic mass is 10.1. The van der Waals surface area contributed by atoms with E-state index >= 15 is 0 Å². The molecule has 0 saturated heterocycles. The molecule has 1 aromatic rings. The van der Waals surface area contributed by atoms with Crippen molar-refractivity contribution < 1.29 is 13.9 Å². The summed E-state index contributed by atoms with van der Waals surface area (Å²) in [5.74, 6) is -0.663. The first-order valence-corrected chi connectivity index (χ1v) is 4.80. The molecule has 0 bridgehead atoms. The molecule has 0 aromatic heterocycles. The Hall–Kier alpha value is -1.38. The highest BCUT2D eigenvalue weighted by molar-refractivity contribution is 5.96. The molecule has 82 valence electrons. The number of hydrogen-bond acceptors (Lipinski definition) is 2. The molecule has 0 spiro atoms. The van der Waals surface area contributed by atoms with Crippen LogP contribution in [0.5, 0.6) is 5.75 Å². The van der Waals surface area contributed by atoms with E-state index in [1.54, 1.807) is 6.07 Å². The molecule has 0 aliphatic carbocycles. The van der Waals surface area contributed by atoms with E-state index in [0.29, 0.717) is 0 Å². The number of carbonyl (C=O) groups excluding carboxylic acids is 1. The van der Waals surface area contributed by atoms with Crippen molar-refractivity contribution in [1.29, 1.82) is 0 Å². The van der Waals surface area contributed by atoms with E-state index in [2.05, 4.69) is 0 Å². The van der Waals surface area contributed by atoms with Crippen LogP contribution in [0.3, 0.4) is 0 Å². The normalized spacial score (nSPS) is 11.3. The van der Waals surface area contributed by atoms with E-state index in [1.165, 1.54) is 19.1 Å². The molecule has 0 fully saturated rings. The SMILES string of the molecule is CC(=O)c1cccc(F)c1OC(C)(C)C. The van der Waals surface area contributed by atoms with Crippen molar-refractivity contribution in [1.82, 2.24) is 0 Å². The van der Waals surface area contributed by atoms with Gasteiger partial charge in [0.1, 0.15) is 5.60 Å². The minimum absolute atomic E-state index is 0.0394. The third-order valence-corrected chi connectivity index (χ3v) is 1.75. The molecule has 0 unspecified atom stereocenters. The molecule has 0 amide bonds. The Labute approximate surface area is 89.1 Å². The van der Waals surface area contributed by atoms with Gasteiger partial charge >= 0.3 is 0 Å². The summed E-state index contributed by atoms with van der Waals surface area (Å²) in [6.45, 7) is 6.82. The Bertz CT molecular complexity index is 378. The highest BCUT2D eigenvalue weighted by Gasteiger charge is 2.19. The zero-order valence-corrected chi connectivity index (χ0v) is 9.43. The second-order valence-corrected chi connectivity index (χ2v) is 4.39. The fourth-order valence-corrected chi connectivity index (χ4v) is 1.20. The Morgan fingerprint density at radius 3 is 2.40 bits per heavy atom. The Morgan fingerprint density at radius 2 is 1.93 bits per heavy atom. The lowest BCUT2D eigenvalue weighted by Crippen LogP contribution is -2.24. The first kappa shape index (κ1) is 11.7. The average Bonchev–Trinajstić information content (AvgIpc) is 2.05. The molecular weight excluding hydrogens is 195 g/mol. The summed E-state index contributed by atoms with van der Waals surface area (Å²) in [7, 11) is 0. The number of para-hydroxylation sites is 1.